The molecule has 3 unspecified atom stereocenters. The third-order valence-corrected chi connectivity index (χ3v) is 5.37. The second-order valence-electron chi connectivity index (χ2n) is 6.23. The van der Waals surface area contributed by atoms with Gasteiger partial charge in [-0.1, -0.05) is 6.42 Å². The van der Waals surface area contributed by atoms with Gasteiger partial charge in [0.05, 0.1) is 21.8 Å². The van der Waals surface area contributed by atoms with Crippen molar-refractivity contribution in [2.24, 2.45) is 17.8 Å². The molecule has 0 aromatic rings. The molecule has 5 nitrogen and oxygen atoms in total. The van der Waals surface area contributed by atoms with Crippen LogP contribution in [0.5, 0.6) is 0 Å². The van der Waals surface area contributed by atoms with E-state index in [1.807, 2.05) is 0 Å². The molecule has 2 aliphatic carbocycles. The molecule has 0 aliphatic heterocycles. The van der Waals surface area contributed by atoms with Crippen LogP contribution in [-0.4, -0.2) is 42.6 Å². The molecule has 24 heavy (non-hydrogen) atoms. The summed E-state index contributed by atoms with van der Waals surface area (Å²) in [4.78, 5) is 11.9. The quantitative estimate of drug-likeness (QED) is 0.423. The van der Waals surface area contributed by atoms with Crippen molar-refractivity contribution in [3.63, 3.8) is 0 Å². The van der Waals surface area contributed by atoms with Crippen molar-refractivity contribution in [2.45, 2.75) is 43.6 Å². The Bertz CT molecular complexity index is 596. The number of carbonyl (C=O) groups is 1. The van der Waals surface area contributed by atoms with E-state index in [4.69, 9.17) is 0 Å². The van der Waals surface area contributed by atoms with E-state index in [1.54, 1.807) is 0 Å². The predicted molar refractivity (Wildman–Crippen MR) is 64.4 cm³/mol. The van der Waals surface area contributed by atoms with Gasteiger partial charge in [0.15, 0.2) is 0 Å². The number of carbonyl (C=O) groups excluding carboxylic acids is 1. The number of esters is 1. The summed E-state index contributed by atoms with van der Waals surface area (Å²) in [5.74, 6) is -6.21. The normalized spacial score (nSPS) is 28.2. The minimum atomic E-state index is -6.31. The maximum atomic E-state index is 13.0. The van der Waals surface area contributed by atoms with E-state index in [1.165, 1.54) is 0 Å². The van der Waals surface area contributed by atoms with Gasteiger partial charge in [-0.25, -0.2) is 8.42 Å². The SMILES string of the molecule is O=C(OC(CS(=O)(=O)[O-])(C(F)(F)F)C(F)(F)F)C1CC2CCC1C2. The van der Waals surface area contributed by atoms with E-state index in [9.17, 15) is 44.1 Å². The van der Waals surface area contributed by atoms with Gasteiger partial charge in [0.2, 0.25) is 0 Å². The largest absolute Gasteiger partial charge is 0.748 e. The monoisotopic (exact) mass is 383 g/mol. The first-order chi connectivity index (χ1) is 10.7. The fraction of sp³-hybridized carbons (Fsp3) is 0.917. The first-order valence-corrected chi connectivity index (χ1v) is 8.54. The average molecular weight is 383 g/mol. The van der Waals surface area contributed by atoms with Crippen LogP contribution in [0, 0.1) is 17.8 Å². The van der Waals surface area contributed by atoms with Gasteiger partial charge >= 0.3 is 23.9 Å². The fourth-order valence-electron chi connectivity index (χ4n) is 3.50. The highest BCUT2D eigenvalue weighted by Gasteiger charge is 2.75. The summed E-state index contributed by atoms with van der Waals surface area (Å²) in [5.41, 5.74) is -5.36. The maximum absolute atomic E-state index is 13.0. The topological polar surface area (TPSA) is 83.5 Å². The van der Waals surface area contributed by atoms with Crippen molar-refractivity contribution in [2.75, 3.05) is 5.75 Å². The fourth-order valence-corrected chi connectivity index (χ4v) is 4.38. The molecular weight excluding hydrogens is 370 g/mol. The summed E-state index contributed by atoms with van der Waals surface area (Å²) in [7, 11) is -5.99. The van der Waals surface area contributed by atoms with E-state index in [0.717, 1.165) is 6.42 Å². The van der Waals surface area contributed by atoms with Gasteiger partial charge in [-0.2, -0.15) is 26.3 Å². The van der Waals surface area contributed by atoms with Crippen molar-refractivity contribution in [3.8, 4) is 0 Å². The summed E-state index contributed by atoms with van der Waals surface area (Å²) >= 11 is 0. The van der Waals surface area contributed by atoms with Crippen molar-refractivity contribution in [1.29, 1.82) is 0 Å². The standard InChI is InChI=1S/C12H14F6O5S/c13-11(14,15)10(12(16,17)18,5-24(20,21)22)23-9(19)8-4-6-1-2-7(8)3-6/h6-8H,1-5H2,(H,20,21,22)/p-1. The molecule has 0 saturated heterocycles. The number of hydrogen-bond acceptors (Lipinski definition) is 5. The molecule has 3 atom stereocenters. The van der Waals surface area contributed by atoms with Crippen LogP contribution in [-0.2, 0) is 19.6 Å². The van der Waals surface area contributed by atoms with E-state index < -0.39 is 45.7 Å². The zero-order valence-corrected chi connectivity index (χ0v) is 12.8. The van der Waals surface area contributed by atoms with Gasteiger partial charge in [0, 0.05) is 0 Å². The molecule has 0 N–H and O–H groups in total. The highest BCUT2D eigenvalue weighted by atomic mass is 32.2. The molecule has 2 aliphatic rings. The van der Waals surface area contributed by atoms with Crippen LogP contribution in [0.4, 0.5) is 26.3 Å². The van der Waals surface area contributed by atoms with Crippen LogP contribution in [0.25, 0.3) is 0 Å². The maximum Gasteiger partial charge on any atom is 0.438 e. The van der Waals surface area contributed by atoms with Crippen molar-refractivity contribution in [1.82, 2.24) is 0 Å². The smallest absolute Gasteiger partial charge is 0.438 e. The van der Waals surface area contributed by atoms with Crippen LogP contribution in [0.2, 0.25) is 0 Å². The average Bonchev–Trinajstić information content (AvgIpc) is 2.95. The number of rotatable bonds is 4. The summed E-state index contributed by atoms with van der Waals surface area (Å²) in [6, 6.07) is 0. The minimum Gasteiger partial charge on any atom is -0.748 e. The third kappa shape index (κ3) is 3.48. The lowest BCUT2D eigenvalue weighted by Crippen LogP contribution is -2.64. The Kier molecular flexibility index (Phi) is 4.62. The Morgan fingerprint density at radius 2 is 1.58 bits per heavy atom. The zero-order valence-electron chi connectivity index (χ0n) is 12.0. The molecule has 0 aromatic carbocycles. The van der Waals surface area contributed by atoms with E-state index >= 15 is 0 Å². The number of alkyl halides is 6. The zero-order chi connectivity index (χ0) is 18.6. The third-order valence-electron chi connectivity index (χ3n) is 4.61. The molecule has 0 amide bonds. The first-order valence-electron chi connectivity index (χ1n) is 6.96. The molecular formula is C12H13F6O5S-. The van der Waals surface area contributed by atoms with Gasteiger partial charge in [-0.15, -0.1) is 0 Å². The van der Waals surface area contributed by atoms with Crippen molar-refractivity contribution < 1.29 is 48.8 Å². The van der Waals surface area contributed by atoms with Crippen LogP contribution in [0.3, 0.4) is 0 Å². The Balaban J connectivity index is 2.36. The van der Waals surface area contributed by atoms with Gasteiger partial charge in [0.1, 0.15) is 0 Å². The van der Waals surface area contributed by atoms with Crippen LogP contribution < -0.4 is 0 Å². The van der Waals surface area contributed by atoms with E-state index in [0.29, 0.717) is 12.8 Å². The van der Waals surface area contributed by atoms with Gasteiger partial charge in [0.25, 0.3) is 0 Å². The summed E-state index contributed by atoms with van der Waals surface area (Å²) in [6.07, 6.45) is -10.8. The number of ether oxygens (including phenoxy) is 1. The molecule has 2 fully saturated rings. The number of hydrogen-bond donors (Lipinski definition) is 0. The molecule has 0 spiro atoms. The first kappa shape index (κ1) is 19.3. The lowest BCUT2D eigenvalue weighted by atomic mass is 9.88. The summed E-state index contributed by atoms with van der Waals surface area (Å²) in [5, 5.41) is 0. The Morgan fingerprint density at radius 1 is 1.04 bits per heavy atom. The Morgan fingerprint density at radius 3 is 1.92 bits per heavy atom. The molecule has 0 radical (unpaired) electrons. The number of halogens is 6. The lowest BCUT2D eigenvalue weighted by Gasteiger charge is -2.38. The van der Waals surface area contributed by atoms with Gasteiger partial charge < -0.3 is 9.29 Å². The summed E-state index contributed by atoms with van der Waals surface area (Å²) in [6.45, 7) is 0. The van der Waals surface area contributed by atoms with Gasteiger partial charge in [-0.3, -0.25) is 4.79 Å². The van der Waals surface area contributed by atoms with E-state index in [2.05, 4.69) is 4.74 Å². The summed E-state index contributed by atoms with van der Waals surface area (Å²) < 4.78 is 114. The molecule has 0 aromatic heterocycles. The highest BCUT2D eigenvalue weighted by Crippen LogP contribution is 2.51. The molecule has 2 saturated carbocycles. The van der Waals surface area contributed by atoms with Crippen LogP contribution in [0.15, 0.2) is 0 Å². The predicted octanol–water partition coefficient (Wildman–Crippen LogP) is 2.37. The molecule has 12 heteroatoms. The molecule has 140 valence electrons. The van der Waals surface area contributed by atoms with Crippen LogP contribution in [0.1, 0.15) is 25.7 Å². The van der Waals surface area contributed by atoms with Gasteiger partial charge in [-0.05, 0) is 31.1 Å². The molecule has 2 rings (SSSR count). The Hall–Kier alpha value is -1.04. The molecule has 2 bridgehead atoms. The van der Waals surface area contributed by atoms with Crippen molar-refractivity contribution >= 4 is 16.1 Å². The Labute approximate surface area is 133 Å². The van der Waals surface area contributed by atoms with E-state index in [-0.39, 0.29) is 18.3 Å². The number of fused-ring (bicyclic) bond motifs is 2. The van der Waals surface area contributed by atoms with Crippen molar-refractivity contribution in [3.05, 3.63) is 0 Å². The molecule has 0 heterocycles. The minimum absolute atomic E-state index is 0.0296. The lowest BCUT2D eigenvalue weighted by molar-refractivity contribution is -0.362. The second-order valence-corrected chi connectivity index (χ2v) is 7.63. The second kappa shape index (κ2) is 5.75. The highest BCUT2D eigenvalue weighted by molar-refractivity contribution is 7.85. The van der Waals surface area contributed by atoms with Crippen LogP contribution >= 0.6 is 0 Å².